The number of esters is 1. The van der Waals surface area contributed by atoms with Gasteiger partial charge in [-0.2, -0.15) is 13.2 Å². The first-order chi connectivity index (χ1) is 21.1. The first kappa shape index (κ1) is 32.3. The lowest BCUT2D eigenvalue weighted by atomic mass is 9.65. The van der Waals surface area contributed by atoms with Crippen LogP contribution in [-0.4, -0.2) is 48.8 Å². The number of fused-ring (bicyclic) bond motifs is 2. The molecule has 3 aliphatic heterocycles. The van der Waals surface area contributed by atoms with Crippen molar-refractivity contribution in [2.75, 3.05) is 13.9 Å². The van der Waals surface area contributed by atoms with Gasteiger partial charge in [0.05, 0.1) is 31.4 Å². The van der Waals surface area contributed by atoms with Crippen molar-refractivity contribution < 1.29 is 46.5 Å². The molecule has 0 aromatic heterocycles. The maximum absolute atomic E-state index is 14.2. The first-order valence-corrected chi connectivity index (χ1v) is 14.7. The largest absolute Gasteiger partial charge is 0.468 e. The van der Waals surface area contributed by atoms with E-state index >= 15 is 0 Å². The number of amides is 2. The molecule has 0 radical (unpaired) electrons. The van der Waals surface area contributed by atoms with Gasteiger partial charge in [-0.05, 0) is 60.2 Å². The van der Waals surface area contributed by atoms with Crippen LogP contribution in [0.25, 0.3) is 0 Å². The fourth-order valence-corrected chi connectivity index (χ4v) is 6.18. The number of alkyl halides is 3. The Morgan fingerprint density at radius 3 is 2.49 bits per heavy atom. The molecule has 242 valence electrons. The zero-order valence-corrected chi connectivity index (χ0v) is 25.8. The number of methoxy groups -OCH3 is 1. The summed E-state index contributed by atoms with van der Waals surface area (Å²) in [7, 11) is 1.27. The van der Waals surface area contributed by atoms with E-state index in [1.165, 1.54) is 24.1 Å². The van der Waals surface area contributed by atoms with Crippen LogP contribution in [0.5, 0.6) is 11.5 Å². The monoisotopic (exact) mass is 630 g/mol. The molecule has 0 unspecified atom stereocenters. The summed E-state index contributed by atoms with van der Waals surface area (Å²) in [5.74, 6) is -1.34. The van der Waals surface area contributed by atoms with Crippen LogP contribution < -0.4 is 14.8 Å². The minimum absolute atomic E-state index is 0.0447. The van der Waals surface area contributed by atoms with E-state index in [4.69, 9.17) is 18.9 Å². The van der Waals surface area contributed by atoms with Crippen molar-refractivity contribution in [3.63, 3.8) is 0 Å². The molecule has 0 aliphatic carbocycles. The minimum atomic E-state index is -4.52. The summed E-state index contributed by atoms with van der Waals surface area (Å²) in [6.07, 6.45) is -4.19. The van der Waals surface area contributed by atoms with Crippen molar-refractivity contribution in [3.8, 4) is 11.5 Å². The minimum Gasteiger partial charge on any atom is -0.468 e. The number of piperidine rings is 1. The Kier molecular flexibility index (Phi) is 8.65. The molecule has 0 spiro atoms. The lowest BCUT2D eigenvalue weighted by Gasteiger charge is -2.53. The zero-order chi connectivity index (χ0) is 32.7. The van der Waals surface area contributed by atoms with Gasteiger partial charge in [0.2, 0.25) is 18.6 Å². The van der Waals surface area contributed by atoms with Crippen molar-refractivity contribution in [3.05, 3.63) is 70.9 Å². The van der Waals surface area contributed by atoms with E-state index in [-0.39, 0.29) is 49.6 Å². The molecular weight excluding hydrogens is 593 g/mol. The van der Waals surface area contributed by atoms with Crippen LogP contribution in [-0.2, 0) is 43.1 Å². The van der Waals surface area contributed by atoms with Gasteiger partial charge >= 0.3 is 12.1 Å². The average molecular weight is 631 g/mol. The lowest BCUT2D eigenvalue weighted by molar-refractivity contribution is -0.180. The smallest absolute Gasteiger partial charge is 0.416 e. The highest BCUT2D eigenvalue weighted by Gasteiger charge is 2.60. The van der Waals surface area contributed by atoms with Gasteiger partial charge in [0.1, 0.15) is 5.41 Å². The topological polar surface area (TPSA) is 103 Å². The highest BCUT2D eigenvalue weighted by molar-refractivity contribution is 5.92. The third-order valence-corrected chi connectivity index (χ3v) is 8.64. The first-order valence-electron chi connectivity index (χ1n) is 14.7. The van der Waals surface area contributed by atoms with Crippen LogP contribution >= 0.6 is 0 Å². The van der Waals surface area contributed by atoms with Crippen LogP contribution in [0.15, 0.2) is 54.2 Å². The molecule has 3 aliphatic rings. The predicted molar refractivity (Wildman–Crippen MR) is 155 cm³/mol. The molecule has 12 heteroatoms. The molecule has 2 aromatic rings. The highest BCUT2D eigenvalue weighted by Crippen LogP contribution is 2.52. The number of benzene rings is 2. The van der Waals surface area contributed by atoms with E-state index in [9.17, 15) is 27.6 Å². The van der Waals surface area contributed by atoms with Gasteiger partial charge in [0, 0.05) is 24.6 Å². The summed E-state index contributed by atoms with van der Waals surface area (Å²) in [6.45, 7) is 7.75. The van der Waals surface area contributed by atoms with E-state index in [2.05, 4.69) is 5.32 Å². The Hall–Kier alpha value is -4.06. The van der Waals surface area contributed by atoms with Crippen molar-refractivity contribution in [1.82, 2.24) is 10.2 Å². The molecule has 1 fully saturated rings. The van der Waals surface area contributed by atoms with Gasteiger partial charge in [0.15, 0.2) is 11.5 Å². The van der Waals surface area contributed by atoms with E-state index in [0.717, 1.165) is 12.1 Å². The number of carbonyl (C=O) groups is 3. The van der Waals surface area contributed by atoms with Crippen LogP contribution in [0.4, 0.5) is 13.2 Å². The summed E-state index contributed by atoms with van der Waals surface area (Å²) in [6, 6.07) is 9.99. The number of likely N-dealkylation sites (tertiary alicyclic amines) is 1. The van der Waals surface area contributed by atoms with Gasteiger partial charge in [0.25, 0.3) is 0 Å². The molecule has 1 saturated heterocycles. The molecule has 9 nitrogen and oxygen atoms in total. The Bertz CT molecular complexity index is 1520. The quantitative estimate of drug-likeness (QED) is 0.411. The second kappa shape index (κ2) is 12.0. The number of hydrogen-bond acceptors (Lipinski definition) is 7. The number of nitrogens with one attached hydrogen (secondary N) is 1. The lowest BCUT2D eigenvalue weighted by Crippen LogP contribution is -2.60. The van der Waals surface area contributed by atoms with E-state index in [1.54, 1.807) is 25.1 Å². The molecule has 4 atom stereocenters. The van der Waals surface area contributed by atoms with Crippen LogP contribution in [0, 0.1) is 16.7 Å². The van der Waals surface area contributed by atoms with Gasteiger partial charge in [-0.3, -0.25) is 14.4 Å². The zero-order valence-electron chi connectivity index (χ0n) is 25.8. The maximum atomic E-state index is 14.2. The molecule has 0 bridgehead atoms. The second-order valence-electron chi connectivity index (χ2n) is 12.8. The van der Waals surface area contributed by atoms with Crippen molar-refractivity contribution in [2.45, 2.75) is 72.0 Å². The summed E-state index contributed by atoms with van der Waals surface area (Å²) in [5, 5.41) is 2.63. The molecular formula is C33H37F3N2O7. The van der Waals surface area contributed by atoms with E-state index in [1.807, 2.05) is 26.8 Å². The number of nitrogens with zero attached hydrogens (tertiary/aromatic N) is 1. The van der Waals surface area contributed by atoms with Gasteiger partial charge < -0.3 is 29.2 Å². The van der Waals surface area contributed by atoms with Crippen LogP contribution in [0.1, 0.15) is 57.2 Å². The predicted octanol–water partition coefficient (Wildman–Crippen LogP) is 5.37. The Balaban J connectivity index is 1.47. The molecule has 45 heavy (non-hydrogen) atoms. The molecule has 3 heterocycles. The third kappa shape index (κ3) is 6.38. The molecule has 1 N–H and O–H groups in total. The molecule has 5 rings (SSSR count). The summed E-state index contributed by atoms with van der Waals surface area (Å²) in [4.78, 5) is 42.6. The Morgan fingerprint density at radius 2 is 1.80 bits per heavy atom. The maximum Gasteiger partial charge on any atom is 0.416 e. The number of rotatable bonds is 7. The van der Waals surface area contributed by atoms with Gasteiger partial charge in [-0.15, -0.1) is 0 Å². The summed E-state index contributed by atoms with van der Waals surface area (Å²) >= 11 is 0. The number of ether oxygens (including phenoxy) is 4. The second-order valence-corrected chi connectivity index (χ2v) is 12.8. The standard InChI is InChI=1S/C33H37F3N2O7/c1-19-32(30(41)42-5)15-22(13-28(39)37-16-20-7-6-8-23(11-20)33(34,35)36)29(40)38(26(32)14-27(45-19)31(2,3)4)17-21-9-10-24-25(12-21)44-18-43-24/h6-12,14,19,22,27H,13,15-18H2,1-5H3,(H,37,39)/t19-,22+,27-,32+/m1/s1. The summed E-state index contributed by atoms with van der Waals surface area (Å²) < 4.78 is 62.2. The Morgan fingerprint density at radius 1 is 1.07 bits per heavy atom. The SMILES string of the molecule is COC(=O)[C@]12C[C@H](CC(=O)NCc3cccc(C(F)(F)F)c3)C(=O)N(Cc3ccc4c(c3)OCO4)C1=C[C@H](C(C)(C)C)O[C@@H]2C. The fraction of sp³-hybridized carbons (Fsp3) is 0.485. The summed E-state index contributed by atoms with van der Waals surface area (Å²) in [5.41, 5.74) is -1.15. The van der Waals surface area contributed by atoms with Gasteiger partial charge in [-0.25, -0.2) is 0 Å². The van der Waals surface area contributed by atoms with Crippen molar-refractivity contribution in [1.29, 1.82) is 0 Å². The number of hydrogen-bond donors (Lipinski definition) is 1. The van der Waals surface area contributed by atoms with Crippen LogP contribution in [0.3, 0.4) is 0 Å². The van der Waals surface area contributed by atoms with Crippen LogP contribution in [0.2, 0.25) is 0 Å². The molecule has 0 saturated carbocycles. The number of carbonyl (C=O) groups excluding carboxylic acids is 3. The molecule has 2 aromatic carbocycles. The normalized spacial score (nSPS) is 24.5. The Labute approximate surface area is 259 Å². The third-order valence-electron chi connectivity index (χ3n) is 8.64. The van der Waals surface area contributed by atoms with Gasteiger partial charge in [-0.1, -0.05) is 39.0 Å². The fourth-order valence-electron chi connectivity index (χ4n) is 6.18. The molecule has 2 amide bonds. The van der Waals surface area contributed by atoms with E-state index in [0.29, 0.717) is 22.8 Å². The number of halogens is 3. The highest BCUT2D eigenvalue weighted by atomic mass is 19.4. The average Bonchev–Trinajstić information content (AvgIpc) is 3.45. The van der Waals surface area contributed by atoms with E-state index < -0.39 is 47.2 Å². The van der Waals surface area contributed by atoms with Crippen molar-refractivity contribution >= 4 is 17.8 Å². The van der Waals surface area contributed by atoms with Crippen molar-refractivity contribution in [2.24, 2.45) is 16.7 Å².